The summed E-state index contributed by atoms with van der Waals surface area (Å²) >= 11 is 1.14. The molecule has 1 nitrogen and oxygen atoms in total. The fourth-order valence-electron chi connectivity index (χ4n) is 0.486. The Bertz CT molecular complexity index is 87.1. The van der Waals surface area contributed by atoms with Gasteiger partial charge < -0.3 is 49.6 Å². The van der Waals surface area contributed by atoms with Crippen LogP contribution in [0, 0.1) is 6.92 Å². The fourth-order valence-corrected chi connectivity index (χ4v) is 0.733. The van der Waals surface area contributed by atoms with Crippen LogP contribution in [0.1, 0.15) is 20.8 Å². The van der Waals surface area contributed by atoms with E-state index in [0.717, 1.165) is 23.3 Å². The van der Waals surface area contributed by atoms with Gasteiger partial charge in [-0.3, -0.25) is 0 Å². The molecule has 0 fully saturated rings. The van der Waals surface area contributed by atoms with Crippen LogP contribution in [0.2, 0.25) is 5.02 Å². The predicted octanol–water partition coefficient (Wildman–Crippen LogP) is -10.3. The van der Waals surface area contributed by atoms with Crippen molar-refractivity contribution >= 4 is 0 Å². The van der Waals surface area contributed by atoms with E-state index in [1.807, 2.05) is 20.8 Å². The standard InChI is InChI=1S/C7H12O.4ClH.Zn/c1-6(2)8-7(3,4)5;;;;;/h6H,1H2,3-5H3;4*1H;/q+3;;;;;+1/p-4. The minimum absolute atomic E-state index is 0. The SMILES string of the molecule is [C+3]C([CH2][Zn+])OC(C)(C)C.[Cl-].[Cl-].[Cl-].[Cl-]. The predicted molar refractivity (Wildman–Crippen MR) is 32.7 cm³/mol. The van der Waals surface area contributed by atoms with Crippen LogP contribution in [0.5, 0.6) is 0 Å². The maximum Gasteiger partial charge on any atom is -1.00 e. The summed E-state index contributed by atoms with van der Waals surface area (Å²) in [6.45, 7) is 13.2. The van der Waals surface area contributed by atoms with Crippen LogP contribution in [0.4, 0.5) is 0 Å². The molecule has 0 spiro atoms. The Hall–Kier alpha value is 1.74. The summed E-state index contributed by atoms with van der Waals surface area (Å²) in [5.74, 6) is 0. The summed E-state index contributed by atoms with van der Waals surface area (Å²) in [6.07, 6.45) is -0.301. The van der Waals surface area contributed by atoms with E-state index in [-0.39, 0.29) is 61.3 Å². The first-order valence-electron chi connectivity index (χ1n) is 3.14. The summed E-state index contributed by atoms with van der Waals surface area (Å²) in [4.78, 5) is 0. The van der Waals surface area contributed by atoms with E-state index in [0.29, 0.717) is 0 Å². The third-order valence-corrected chi connectivity index (χ3v) is 1.86. The molecule has 0 amide bonds. The van der Waals surface area contributed by atoms with Crippen molar-refractivity contribution in [2.75, 3.05) is 0 Å². The molecule has 1 unspecified atom stereocenters. The average Bonchev–Trinajstić information content (AvgIpc) is 1.62. The van der Waals surface area contributed by atoms with Crippen molar-refractivity contribution in [2.24, 2.45) is 0 Å². The van der Waals surface area contributed by atoms with Crippen LogP contribution in [0.25, 0.3) is 0 Å². The van der Waals surface area contributed by atoms with E-state index in [2.05, 4.69) is 0 Å². The molecule has 0 saturated heterocycles. The Morgan fingerprint density at radius 3 is 1.54 bits per heavy atom. The van der Waals surface area contributed by atoms with Crippen molar-refractivity contribution in [1.82, 2.24) is 0 Å². The monoisotopic (exact) mass is 316 g/mol. The maximum atomic E-state index is 7.29. The fraction of sp³-hybridized carbons (Fsp3) is 0.857. The summed E-state index contributed by atoms with van der Waals surface area (Å²) in [5, 5.41) is 0.886. The molecule has 0 rings (SSSR count). The molecule has 0 heterocycles. The van der Waals surface area contributed by atoms with Gasteiger partial charge in [-0.1, -0.05) is 0 Å². The maximum absolute atomic E-state index is 7.29. The van der Waals surface area contributed by atoms with Gasteiger partial charge in [0.1, 0.15) is 0 Å². The van der Waals surface area contributed by atoms with Crippen molar-refractivity contribution < 1.29 is 72.7 Å². The largest absolute Gasteiger partial charge is 1.00 e. The molecule has 0 aromatic carbocycles. The molecular weight excluding hydrogens is 307 g/mol. The minimum atomic E-state index is -0.301. The van der Waals surface area contributed by atoms with Gasteiger partial charge in [-0.2, -0.15) is 0 Å². The number of rotatable bonds is 2. The van der Waals surface area contributed by atoms with Gasteiger partial charge in [0.2, 0.25) is 0 Å². The van der Waals surface area contributed by atoms with Gasteiger partial charge in [-0.25, -0.2) is 0 Å². The Labute approximate surface area is 116 Å². The number of hydrogen-bond acceptors (Lipinski definition) is 1. The molecule has 0 aliphatic carbocycles. The quantitative estimate of drug-likeness (QED) is 0.460. The zero-order valence-electron chi connectivity index (χ0n) is 7.91. The van der Waals surface area contributed by atoms with Crippen LogP contribution in [0.3, 0.4) is 0 Å². The van der Waals surface area contributed by atoms with E-state index in [1.165, 1.54) is 0 Å². The normalized spacial score (nSPS) is 11.0. The molecule has 76 valence electrons. The van der Waals surface area contributed by atoms with Crippen LogP contribution >= 0.6 is 0 Å². The molecule has 13 heavy (non-hydrogen) atoms. The third-order valence-electron chi connectivity index (χ3n) is 0.758. The zero-order valence-corrected chi connectivity index (χ0v) is 13.9. The van der Waals surface area contributed by atoms with Gasteiger partial charge in [0.15, 0.2) is 0 Å². The summed E-state index contributed by atoms with van der Waals surface area (Å²) in [6, 6.07) is 0. The molecule has 0 N–H and O–H groups in total. The summed E-state index contributed by atoms with van der Waals surface area (Å²) < 4.78 is 5.28. The summed E-state index contributed by atoms with van der Waals surface area (Å²) in [7, 11) is 0. The molecular formula is C7H12Cl4OZn. The molecule has 0 saturated carbocycles. The second kappa shape index (κ2) is 13.7. The van der Waals surface area contributed by atoms with Crippen molar-refractivity contribution in [3.8, 4) is 0 Å². The number of hydrogen-bond donors (Lipinski definition) is 0. The molecule has 0 aliphatic rings. The van der Waals surface area contributed by atoms with Crippen LogP contribution in [-0.4, -0.2) is 11.7 Å². The Balaban J connectivity index is -0.0000000533. The Morgan fingerprint density at radius 1 is 1.15 bits per heavy atom. The molecule has 0 bridgehead atoms. The van der Waals surface area contributed by atoms with Crippen molar-refractivity contribution in [1.29, 1.82) is 0 Å². The minimum Gasteiger partial charge on any atom is -1.00 e. The Morgan fingerprint density at radius 2 is 1.46 bits per heavy atom. The first-order chi connectivity index (χ1) is 3.95. The van der Waals surface area contributed by atoms with Crippen LogP contribution in [0.15, 0.2) is 0 Å². The van der Waals surface area contributed by atoms with E-state index in [9.17, 15) is 0 Å². The second-order valence-electron chi connectivity index (χ2n) is 3.01. The average molecular weight is 319 g/mol. The second-order valence-corrected chi connectivity index (χ2v) is 4.22. The molecule has 1 atom stereocenters. The van der Waals surface area contributed by atoms with Gasteiger partial charge in [0.05, 0.1) is 0 Å². The molecule has 0 aromatic heterocycles. The van der Waals surface area contributed by atoms with Gasteiger partial charge in [-0.05, 0) is 0 Å². The van der Waals surface area contributed by atoms with E-state index in [4.69, 9.17) is 11.7 Å². The van der Waals surface area contributed by atoms with E-state index in [1.54, 1.807) is 0 Å². The molecule has 0 aromatic rings. The zero-order chi connectivity index (χ0) is 7.49. The first kappa shape index (κ1) is 29.3. The summed E-state index contributed by atoms with van der Waals surface area (Å²) in [5.41, 5.74) is -0.144. The third kappa shape index (κ3) is 24.8. The van der Waals surface area contributed by atoms with Gasteiger partial charge in [-0.15, -0.1) is 0 Å². The van der Waals surface area contributed by atoms with Gasteiger partial charge in [0, 0.05) is 0 Å². The van der Waals surface area contributed by atoms with Crippen molar-refractivity contribution in [3.63, 3.8) is 0 Å². The first-order valence-corrected chi connectivity index (χ1v) is 5.23. The Kier molecular flexibility index (Phi) is 31.0. The van der Waals surface area contributed by atoms with Crippen molar-refractivity contribution in [2.45, 2.75) is 37.5 Å². The van der Waals surface area contributed by atoms with E-state index < -0.39 is 0 Å². The molecule has 0 aliphatic heterocycles. The van der Waals surface area contributed by atoms with E-state index >= 15 is 0 Å². The number of halogens is 4. The van der Waals surface area contributed by atoms with Gasteiger partial charge >= 0.3 is 67.5 Å². The number of ether oxygens (including phenoxy) is 1. The van der Waals surface area contributed by atoms with Crippen LogP contribution < -0.4 is 49.6 Å². The molecule has 6 heteroatoms. The topological polar surface area (TPSA) is 9.23 Å². The van der Waals surface area contributed by atoms with Crippen molar-refractivity contribution in [3.05, 3.63) is 6.92 Å². The smallest absolute Gasteiger partial charge is 1.00 e. The molecule has 0 radical (unpaired) electrons. The van der Waals surface area contributed by atoms with Gasteiger partial charge in [0.25, 0.3) is 0 Å². The van der Waals surface area contributed by atoms with Crippen LogP contribution in [-0.2, 0) is 23.0 Å².